The highest BCUT2D eigenvalue weighted by Gasteiger charge is 2.26. The molecule has 2 aromatic rings. The number of hydrogen-bond donors (Lipinski definition) is 2. The van der Waals surface area contributed by atoms with Gasteiger partial charge >= 0.3 is 0 Å². The van der Waals surface area contributed by atoms with E-state index < -0.39 is 0 Å². The minimum Gasteiger partial charge on any atom is -0.327 e. The van der Waals surface area contributed by atoms with E-state index in [1.807, 2.05) is 17.5 Å². The molecule has 0 spiro atoms. The van der Waals surface area contributed by atoms with Crippen LogP contribution >= 0.6 is 11.3 Å². The van der Waals surface area contributed by atoms with Crippen LogP contribution in [0.15, 0.2) is 17.5 Å². The van der Waals surface area contributed by atoms with Gasteiger partial charge in [0.1, 0.15) is 5.82 Å². The van der Waals surface area contributed by atoms with Crippen molar-refractivity contribution in [2.24, 2.45) is 5.73 Å². The van der Waals surface area contributed by atoms with Crippen LogP contribution in [-0.4, -0.2) is 21.2 Å². The van der Waals surface area contributed by atoms with Crippen LogP contribution in [0.4, 0.5) is 0 Å². The predicted molar refractivity (Wildman–Crippen MR) is 68.9 cm³/mol. The molecule has 2 unspecified atom stereocenters. The van der Waals surface area contributed by atoms with E-state index in [0.717, 1.165) is 29.4 Å². The molecule has 0 saturated heterocycles. The predicted octanol–water partition coefficient (Wildman–Crippen LogP) is 2.52. The maximum atomic E-state index is 6.15. The van der Waals surface area contributed by atoms with Crippen LogP contribution in [0.1, 0.15) is 37.4 Å². The third-order valence-electron chi connectivity index (χ3n) is 3.41. The number of nitrogens with zero attached hydrogens (tertiary/aromatic N) is 2. The van der Waals surface area contributed by atoms with Crippen LogP contribution in [-0.2, 0) is 0 Å². The Hall–Kier alpha value is -1.20. The largest absolute Gasteiger partial charge is 0.327 e. The van der Waals surface area contributed by atoms with Gasteiger partial charge in [0, 0.05) is 12.0 Å². The summed E-state index contributed by atoms with van der Waals surface area (Å²) < 4.78 is 0. The summed E-state index contributed by atoms with van der Waals surface area (Å²) in [5, 5.41) is 9.39. The Kier molecular flexibility index (Phi) is 2.94. The first-order chi connectivity index (χ1) is 8.34. The summed E-state index contributed by atoms with van der Waals surface area (Å²) in [6.07, 6.45) is 4.71. The van der Waals surface area contributed by atoms with Crippen molar-refractivity contribution in [2.75, 3.05) is 0 Å². The van der Waals surface area contributed by atoms with Crippen molar-refractivity contribution in [3.63, 3.8) is 0 Å². The third kappa shape index (κ3) is 2.12. The minimum atomic E-state index is 0.230. The van der Waals surface area contributed by atoms with E-state index in [2.05, 4.69) is 15.2 Å². The van der Waals surface area contributed by atoms with E-state index in [1.54, 1.807) is 11.3 Å². The van der Waals surface area contributed by atoms with Gasteiger partial charge in [0.15, 0.2) is 5.82 Å². The summed E-state index contributed by atoms with van der Waals surface area (Å²) in [6.45, 7) is 0. The van der Waals surface area contributed by atoms with Crippen molar-refractivity contribution < 1.29 is 0 Å². The normalized spacial score (nSPS) is 25.0. The molecule has 4 nitrogen and oxygen atoms in total. The molecule has 1 aliphatic rings. The highest BCUT2D eigenvalue weighted by atomic mass is 32.1. The molecule has 0 amide bonds. The molecule has 2 heterocycles. The second-order valence-electron chi connectivity index (χ2n) is 4.58. The summed E-state index contributed by atoms with van der Waals surface area (Å²) >= 11 is 1.66. The number of rotatable bonds is 2. The Labute approximate surface area is 104 Å². The Bertz CT molecular complexity index is 476. The molecule has 0 bridgehead atoms. The lowest BCUT2D eigenvalue weighted by Crippen LogP contribution is -2.32. The van der Waals surface area contributed by atoms with Gasteiger partial charge in [-0.2, -0.15) is 5.10 Å². The van der Waals surface area contributed by atoms with Crippen LogP contribution in [0.5, 0.6) is 0 Å². The number of aromatic nitrogens is 3. The zero-order chi connectivity index (χ0) is 11.7. The van der Waals surface area contributed by atoms with Crippen LogP contribution in [0.3, 0.4) is 0 Å². The molecule has 3 N–H and O–H groups in total. The van der Waals surface area contributed by atoms with Gasteiger partial charge in [-0.1, -0.05) is 18.9 Å². The number of nitrogens with one attached hydrogen (secondary N) is 1. The lowest BCUT2D eigenvalue weighted by Gasteiger charge is -2.26. The average molecular weight is 248 g/mol. The van der Waals surface area contributed by atoms with Gasteiger partial charge in [0.25, 0.3) is 0 Å². The molecule has 3 rings (SSSR count). The van der Waals surface area contributed by atoms with Crippen LogP contribution in [0, 0.1) is 0 Å². The molecule has 0 radical (unpaired) electrons. The van der Waals surface area contributed by atoms with Crippen molar-refractivity contribution >= 4 is 11.3 Å². The zero-order valence-electron chi connectivity index (χ0n) is 9.60. The number of aromatic amines is 1. The number of H-pyrrole nitrogens is 1. The lowest BCUT2D eigenvalue weighted by molar-refractivity contribution is 0.374. The number of nitrogens with two attached hydrogens (primary N) is 1. The molecule has 17 heavy (non-hydrogen) atoms. The average Bonchev–Trinajstić information content (AvgIpc) is 3.00. The molecule has 2 aromatic heterocycles. The molecule has 2 atom stereocenters. The zero-order valence-corrected chi connectivity index (χ0v) is 10.4. The summed E-state index contributed by atoms with van der Waals surface area (Å²) in [4.78, 5) is 5.70. The van der Waals surface area contributed by atoms with Gasteiger partial charge in [-0.05, 0) is 24.3 Å². The Morgan fingerprint density at radius 1 is 1.35 bits per heavy atom. The van der Waals surface area contributed by atoms with Crippen molar-refractivity contribution in [1.29, 1.82) is 0 Å². The molecular weight excluding hydrogens is 232 g/mol. The fourth-order valence-corrected chi connectivity index (χ4v) is 3.11. The van der Waals surface area contributed by atoms with E-state index in [1.165, 1.54) is 12.8 Å². The second-order valence-corrected chi connectivity index (χ2v) is 5.52. The molecular formula is C12H16N4S. The van der Waals surface area contributed by atoms with E-state index in [0.29, 0.717) is 5.92 Å². The van der Waals surface area contributed by atoms with Crippen molar-refractivity contribution in [2.45, 2.75) is 37.6 Å². The van der Waals surface area contributed by atoms with Crippen molar-refractivity contribution in [3.8, 4) is 10.7 Å². The summed E-state index contributed by atoms with van der Waals surface area (Å²) in [5.41, 5.74) is 6.15. The highest BCUT2D eigenvalue weighted by molar-refractivity contribution is 7.13. The first-order valence-electron chi connectivity index (χ1n) is 6.06. The summed E-state index contributed by atoms with van der Waals surface area (Å²) in [7, 11) is 0. The molecule has 90 valence electrons. The maximum Gasteiger partial charge on any atom is 0.191 e. The SMILES string of the molecule is NC1CCCCC1c1nc(-c2cccs2)n[nH]1. The topological polar surface area (TPSA) is 67.6 Å². The van der Waals surface area contributed by atoms with Gasteiger partial charge in [0.05, 0.1) is 4.88 Å². The van der Waals surface area contributed by atoms with Crippen LogP contribution in [0.25, 0.3) is 10.7 Å². The van der Waals surface area contributed by atoms with Crippen LogP contribution in [0.2, 0.25) is 0 Å². The summed E-state index contributed by atoms with van der Waals surface area (Å²) in [5.74, 6) is 2.11. The van der Waals surface area contributed by atoms with E-state index in [9.17, 15) is 0 Å². The first kappa shape index (κ1) is 10.9. The van der Waals surface area contributed by atoms with Gasteiger partial charge in [-0.25, -0.2) is 4.98 Å². The van der Waals surface area contributed by atoms with Gasteiger partial charge < -0.3 is 5.73 Å². The molecule has 0 aromatic carbocycles. The Morgan fingerprint density at radius 3 is 3.00 bits per heavy atom. The van der Waals surface area contributed by atoms with E-state index in [-0.39, 0.29) is 6.04 Å². The maximum absolute atomic E-state index is 6.15. The standard InChI is InChI=1S/C12H16N4S/c13-9-5-2-1-4-8(9)11-14-12(16-15-11)10-6-3-7-17-10/h3,6-9H,1-2,4-5,13H2,(H,14,15,16). The Balaban J connectivity index is 1.84. The molecule has 1 aliphatic carbocycles. The molecule has 0 aliphatic heterocycles. The van der Waals surface area contributed by atoms with Gasteiger partial charge in [-0.3, -0.25) is 5.10 Å². The van der Waals surface area contributed by atoms with Crippen LogP contribution < -0.4 is 5.73 Å². The number of hydrogen-bond acceptors (Lipinski definition) is 4. The number of thiophene rings is 1. The second kappa shape index (κ2) is 4.58. The smallest absolute Gasteiger partial charge is 0.191 e. The highest BCUT2D eigenvalue weighted by Crippen LogP contribution is 2.31. The fraction of sp³-hybridized carbons (Fsp3) is 0.500. The van der Waals surface area contributed by atoms with Gasteiger partial charge in [0.2, 0.25) is 0 Å². The van der Waals surface area contributed by atoms with E-state index in [4.69, 9.17) is 5.73 Å². The monoisotopic (exact) mass is 248 g/mol. The molecule has 5 heteroatoms. The van der Waals surface area contributed by atoms with Crippen molar-refractivity contribution in [1.82, 2.24) is 15.2 Å². The van der Waals surface area contributed by atoms with Crippen molar-refractivity contribution in [3.05, 3.63) is 23.3 Å². The summed E-state index contributed by atoms with van der Waals surface area (Å²) in [6, 6.07) is 4.29. The minimum absolute atomic E-state index is 0.230. The fourth-order valence-electron chi connectivity index (χ4n) is 2.46. The third-order valence-corrected chi connectivity index (χ3v) is 4.28. The quantitative estimate of drug-likeness (QED) is 0.858. The Morgan fingerprint density at radius 2 is 2.24 bits per heavy atom. The van der Waals surface area contributed by atoms with Gasteiger partial charge in [-0.15, -0.1) is 11.3 Å². The van der Waals surface area contributed by atoms with E-state index >= 15 is 0 Å². The lowest BCUT2D eigenvalue weighted by atomic mass is 9.84. The molecule has 1 saturated carbocycles. The first-order valence-corrected chi connectivity index (χ1v) is 6.94. The molecule has 1 fully saturated rings.